The van der Waals surface area contributed by atoms with Crippen molar-refractivity contribution in [3.8, 4) is 0 Å². The van der Waals surface area contributed by atoms with E-state index in [2.05, 4.69) is 23.8 Å². The van der Waals surface area contributed by atoms with Crippen LogP contribution >= 0.6 is 23.1 Å². The summed E-state index contributed by atoms with van der Waals surface area (Å²) in [6.45, 7) is 5.10. The number of thiophene rings is 1. The quantitative estimate of drug-likeness (QED) is 0.600. The van der Waals surface area contributed by atoms with Crippen LogP contribution in [0.2, 0.25) is 0 Å². The van der Waals surface area contributed by atoms with E-state index in [1.165, 1.54) is 24.2 Å². The Hall–Kier alpha value is -1.14. The van der Waals surface area contributed by atoms with Gasteiger partial charge in [0.05, 0.1) is 10.6 Å². The maximum absolute atomic E-state index is 12.1. The first-order valence-electron chi connectivity index (χ1n) is 6.65. The van der Waals surface area contributed by atoms with Crippen LogP contribution in [0.3, 0.4) is 0 Å². The van der Waals surface area contributed by atoms with Gasteiger partial charge in [-0.15, -0.1) is 29.7 Å². The Kier molecular flexibility index (Phi) is 4.99. The van der Waals surface area contributed by atoms with Crippen LogP contribution in [0.15, 0.2) is 17.6 Å². The molecule has 1 aliphatic carbocycles. The van der Waals surface area contributed by atoms with E-state index >= 15 is 0 Å². The van der Waals surface area contributed by atoms with Gasteiger partial charge in [0.25, 0.3) is 5.91 Å². The van der Waals surface area contributed by atoms with E-state index in [9.17, 15) is 4.79 Å². The maximum Gasteiger partial charge on any atom is 0.263 e. The van der Waals surface area contributed by atoms with Gasteiger partial charge in [-0.1, -0.05) is 6.08 Å². The third-order valence-electron chi connectivity index (χ3n) is 3.28. The summed E-state index contributed by atoms with van der Waals surface area (Å²) in [7, 11) is 2.08. The molecular weight excluding hydrogens is 290 g/mol. The summed E-state index contributed by atoms with van der Waals surface area (Å²) in [5.41, 5.74) is 6.75. The number of thioether (sulfide) groups is 1. The van der Waals surface area contributed by atoms with Gasteiger partial charge in [-0.05, 0) is 25.0 Å². The fourth-order valence-corrected chi connectivity index (χ4v) is 4.14. The molecule has 110 valence electrons. The van der Waals surface area contributed by atoms with Crippen LogP contribution < -0.4 is 16.0 Å². The lowest BCUT2D eigenvalue weighted by Gasteiger charge is -2.18. The number of rotatable bonds is 7. The first-order valence-corrected chi connectivity index (χ1v) is 8.69. The number of nitrogens with zero attached hydrogens (tertiary/aromatic N) is 1. The Morgan fingerprint density at radius 3 is 2.90 bits per heavy atom. The molecule has 1 heterocycles. The normalized spacial score (nSPS) is 14.1. The first kappa shape index (κ1) is 15.3. The Morgan fingerprint density at radius 2 is 2.35 bits per heavy atom. The van der Waals surface area contributed by atoms with Gasteiger partial charge in [0.15, 0.2) is 0 Å². The number of hydrogen-bond acceptors (Lipinski definition) is 5. The molecule has 1 fully saturated rings. The molecular formula is C14H21N3OS2. The fraction of sp³-hybridized carbons (Fsp3) is 0.500. The number of carbonyl (C=O) groups excluding carboxylic acids is 1. The lowest BCUT2D eigenvalue weighted by atomic mass is 10.3. The Balaban J connectivity index is 2.22. The largest absolute Gasteiger partial charge is 0.396 e. The SMILES string of the molecule is C=CCNC(=O)c1sc(N(C)CC2CC2)c(SC)c1N. The summed E-state index contributed by atoms with van der Waals surface area (Å²) in [6, 6.07) is 0. The summed E-state index contributed by atoms with van der Waals surface area (Å²) in [4.78, 5) is 16.0. The molecule has 0 unspecified atom stereocenters. The van der Waals surface area contributed by atoms with Crippen molar-refractivity contribution < 1.29 is 4.79 Å². The highest BCUT2D eigenvalue weighted by Crippen LogP contribution is 2.44. The van der Waals surface area contributed by atoms with Crippen molar-refractivity contribution in [2.75, 3.05) is 37.0 Å². The average Bonchev–Trinajstić information content (AvgIpc) is 3.17. The van der Waals surface area contributed by atoms with Gasteiger partial charge in [-0.2, -0.15) is 0 Å². The van der Waals surface area contributed by atoms with Gasteiger partial charge in [0.1, 0.15) is 9.88 Å². The smallest absolute Gasteiger partial charge is 0.263 e. The predicted molar refractivity (Wildman–Crippen MR) is 89.0 cm³/mol. The maximum atomic E-state index is 12.1. The number of carbonyl (C=O) groups is 1. The van der Waals surface area contributed by atoms with Crippen molar-refractivity contribution in [2.45, 2.75) is 17.7 Å². The number of amides is 1. The number of nitrogen functional groups attached to an aromatic ring is 1. The number of nitrogens with two attached hydrogens (primary N) is 1. The summed E-state index contributed by atoms with van der Waals surface area (Å²) < 4.78 is 0. The second-order valence-electron chi connectivity index (χ2n) is 5.01. The third kappa shape index (κ3) is 3.30. The molecule has 0 aromatic carbocycles. The predicted octanol–water partition coefficient (Wildman–Crippen LogP) is 2.81. The highest BCUT2D eigenvalue weighted by molar-refractivity contribution is 7.99. The minimum Gasteiger partial charge on any atom is -0.396 e. The highest BCUT2D eigenvalue weighted by Gasteiger charge is 2.27. The van der Waals surface area contributed by atoms with E-state index in [-0.39, 0.29) is 5.91 Å². The fourth-order valence-electron chi connectivity index (χ4n) is 2.05. The molecule has 0 atom stereocenters. The molecule has 1 aliphatic rings. The zero-order valence-corrected chi connectivity index (χ0v) is 13.6. The van der Waals surface area contributed by atoms with Gasteiger partial charge in [0, 0.05) is 20.1 Å². The van der Waals surface area contributed by atoms with E-state index in [1.54, 1.807) is 17.8 Å². The second kappa shape index (κ2) is 6.54. The Bertz CT molecular complexity index is 509. The van der Waals surface area contributed by atoms with Gasteiger partial charge in [-0.25, -0.2) is 0 Å². The van der Waals surface area contributed by atoms with Gasteiger partial charge >= 0.3 is 0 Å². The van der Waals surface area contributed by atoms with Crippen molar-refractivity contribution in [1.82, 2.24) is 5.32 Å². The Labute approximate surface area is 128 Å². The molecule has 1 saturated carbocycles. The average molecular weight is 311 g/mol. The number of anilines is 2. The second-order valence-corrected chi connectivity index (χ2v) is 6.82. The minimum atomic E-state index is -0.117. The lowest BCUT2D eigenvalue weighted by Crippen LogP contribution is -2.23. The summed E-state index contributed by atoms with van der Waals surface area (Å²) in [6.07, 6.45) is 6.29. The molecule has 0 radical (unpaired) electrons. The van der Waals surface area contributed by atoms with Crippen LogP contribution in [-0.4, -0.2) is 32.3 Å². The first-order chi connectivity index (χ1) is 9.58. The molecule has 1 aromatic rings. The lowest BCUT2D eigenvalue weighted by molar-refractivity contribution is 0.0963. The standard InChI is InChI=1S/C14H21N3OS2/c1-4-7-16-13(18)11-10(15)12(19-3)14(20-11)17(2)8-9-5-6-9/h4,9H,1,5-8,15H2,2-3H3,(H,16,18). The van der Waals surface area contributed by atoms with Gasteiger partial charge < -0.3 is 16.0 Å². The molecule has 20 heavy (non-hydrogen) atoms. The summed E-state index contributed by atoms with van der Waals surface area (Å²) >= 11 is 3.08. The molecule has 1 aromatic heterocycles. The topological polar surface area (TPSA) is 58.4 Å². The number of nitrogens with one attached hydrogen (secondary N) is 1. The van der Waals surface area contributed by atoms with Gasteiger partial charge in [-0.3, -0.25) is 4.79 Å². The van der Waals surface area contributed by atoms with Gasteiger partial charge in [0.2, 0.25) is 0 Å². The van der Waals surface area contributed by atoms with E-state index < -0.39 is 0 Å². The third-order valence-corrected chi connectivity index (χ3v) is 5.54. The molecule has 0 spiro atoms. The molecule has 1 amide bonds. The molecule has 3 N–H and O–H groups in total. The monoisotopic (exact) mass is 311 g/mol. The summed E-state index contributed by atoms with van der Waals surface area (Å²) in [5.74, 6) is 0.685. The molecule has 6 heteroatoms. The van der Waals surface area contributed by atoms with Crippen LogP contribution in [0.25, 0.3) is 0 Å². The zero-order valence-electron chi connectivity index (χ0n) is 11.9. The Morgan fingerprint density at radius 1 is 1.65 bits per heavy atom. The molecule has 4 nitrogen and oxygen atoms in total. The van der Waals surface area contributed by atoms with Crippen LogP contribution in [0, 0.1) is 5.92 Å². The van der Waals surface area contributed by atoms with E-state index in [1.807, 2.05) is 6.26 Å². The van der Waals surface area contributed by atoms with Crippen molar-refractivity contribution in [3.05, 3.63) is 17.5 Å². The number of hydrogen-bond donors (Lipinski definition) is 2. The summed E-state index contributed by atoms with van der Waals surface area (Å²) in [5, 5.41) is 3.89. The van der Waals surface area contributed by atoms with E-state index in [4.69, 9.17) is 5.73 Å². The van der Waals surface area contributed by atoms with Crippen LogP contribution in [0.4, 0.5) is 10.7 Å². The zero-order chi connectivity index (χ0) is 14.7. The van der Waals surface area contributed by atoms with Crippen LogP contribution in [0.1, 0.15) is 22.5 Å². The minimum absolute atomic E-state index is 0.117. The van der Waals surface area contributed by atoms with E-state index in [0.29, 0.717) is 17.1 Å². The van der Waals surface area contributed by atoms with Crippen molar-refractivity contribution in [2.24, 2.45) is 5.92 Å². The molecule has 2 rings (SSSR count). The molecule has 0 bridgehead atoms. The van der Waals surface area contributed by atoms with E-state index in [0.717, 1.165) is 22.4 Å². The van der Waals surface area contributed by atoms with Crippen molar-refractivity contribution >= 4 is 39.7 Å². The molecule has 0 saturated heterocycles. The highest BCUT2D eigenvalue weighted by atomic mass is 32.2. The molecule has 0 aliphatic heterocycles. The van der Waals surface area contributed by atoms with Crippen LogP contribution in [0.5, 0.6) is 0 Å². The van der Waals surface area contributed by atoms with Crippen molar-refractivity contribution in [3.63, 3.8) is 0 Å². The van der Waals surface area contributed by atoms with Crippen molar-refractivity contribution in [1.29, 1.82) is 0 Å². The van der Waals surface area contributed by atoms with Crippen LogP contribution in [-0.2, 0) is 0 Å².